The molecular weight excluding hydrogens is 329 g/mol. The van der Waals surface area contributed by atoms with E-state index in [0.29, 0.717) is 6.42 Å². The summed E-state index contributed by atoms with van der Waals surface area (Å²) in [4.78, 5) is 8.42. The van der Waals surface area contributed by atoms with E-state index in [-0.39, 0.29) is 11.6 Å². The van der Waals surface area contributed by atoms with Gasteiger partial charge in [-0.3, -0.25) is 4.98 Å². The van der Waals surface area contributed by atoms with Crippen LogP contribution in [0.15, 0.2) is 42.5 Å². The first-order valence-electron chi connectivity index (χ1n) is 8.69. The van der Waals surface area contributed by atoms with Gasteiger partial charge in [-0.1, -0.05) is 24.3 Å². The number of fused-ring (bicyclic) bond motifs is 5. The van der Waals surface area contributed by atoms with Crippen molar-refractivity contribution < 1.29 is 9.13 Å². The Kier molecular flexibility index (Phi) is 3.43. The largest absolute Gasteiger partial charge is 0.494 e. The predicted molar refractivity (Wildman–Crippen MR) is 99.9 cm³/mol. The van der Waals surface area contributed by atoms with Gasteiger partial charge in [-0.05, 0) is 29.3 Å². The summed E-state index contributed by atoms with van der Waals surface area (Å²) in [6, 6.07) is 13.4. The highest BCUT2D eigenvalue weighted by atomic mass is 19.1. The zero-order valence-electron chi connectivity index (χ0n) is 14.4. The Balaban J connectivity index is 1.71. The normalized spacial score (nSPS) is 13.5. The van der Waals surface area contributed by atoms with E-state index in [2.05, 4.69) is 28.5 Å². The number of benzene rings is 2. The summed E-state index contributed by atoms with van der Waals surface area (Å²) in [5.41, 5.74) is 6.33. The van der Waals surface area contributed by atoms with Gasteiger partial charge in [-0.15, -0.1) is 0 Å². The fourth-order valence-corrected chi connectivity index (χ4v) is 3.89. The summed E-state index contributed by atoms with van der Waals surface area (Å²) in [7, 11) is 1.47. The van der Waals surface area contributed by atoms with Crippen molar-refractivity contribution in [2.45, 2.75) is 19.5 Å². The van der Waals surface area contributed by atoms with E-state index in [1.807, 2.05) is 12.1 Å². The van der Waals surface area contributed by atoms with Gasteiger partial charge in [0.2, 0.25) is 0 Å². The molecule has 4 nitrogen and oxygen atoms in total. The number of methoxy groups -OCH3 is 1. The van der Waals surface area contributed by atoms with Crippen LogP contribution >= 0.6 is 0 Å². The molecule has 2 N–H and O–H groups in total. The Morgan fingerprint density at radius 3 is 2.88 bits per heavy atom. The summed E-state index contributed by atoms with van der Waals surface area (Å²) < 4.78 is 19.1. The molecule has 0 atom stereocenters. The highest BCUT2D eigenvalue weighted by molar-refractivity contribution is 6.10. The molecule has 0 aliphatic carbocycles. The SMILES string of the molecule is COc1ccc(Cc2nc3c(c4c2[nH]c2ccccc24)CNC3)cc1F. The average molecular weight is 347 g/mol. The first kappa shape index (κ1) is 15.3. The molecule has 0 amide bonds. The summed E-state index contributed by atoms with van der Waals surface area (Å²) in [6.07, 6.45) is 0.567. The number of para-hydroxylation sites is 1. The molecule has 1 aliphatic heterocycles. The van der Waals surface area contributed by atoms with Crippen LogP contribution in [-0.4, -0.2) is 17.1 Å². The molecule has 3 heterocycles. The third-order valence-corrected chi connectivity index (χ3v) is 5.10. The number of nitrogens with one attached hydrogen (secondary N) is 2. The van der Waals surface area contributed by atoms with Gasteiger partial charge in [-0.2, -0.15) is 0 Å². The molecule has 2 aromatic carbocycles. The number of rotatable bonds is 3. The van der Waals surface area contributed by atoms with Crippen LogP contribution in [0.2, 0.25) is 0 Å². The van der Waals surface area contributed by atoms with Crippen molar-refractivity contribution in [3.63, 3.8) is 0 Å². The van der Waals surface area contributed by atoms with Crippen LogP contribution in [0.1, 0.15) is 22.5 Å². The molecule has 0 bridgehead atoms. The standard InChI is InChI=1S/C21H18FN3O/c1-26-19-7-6-12(8-15(19)22)9-17-21-20(14-10-23-11-18(14)24-17)13-4-2-3-5-16(13)25-21/h2-8,23,25H,9-11H2,1H3. The number of pyridine rings is 1. The van der Waals surface area contributed by atoms with Crippen molar-refractivity contribution in [1.82, 2.24) is 15.3 Å². The molecule has 2 aromatic heterocycles. The average Bonchev–Trinajstić information content (AvgIpc) is 3.25. The molecule has 4 aromatic rings. The van der Waals surface area contributed by atoms with Crippen LogP contribution < -0.4 is 10.1 Å². The second-order valence-electron chi connectivity index (χ2n) is 6.65. The van der Waals surface area contributed by atoms with E-state index in [9.17, 15) is 4.39 Å². The quantitative estimate of drug-likeness (QED) is 0.588. The third-order valence-electron chi connectivity index (χ3n) is 5.10. The third kappa shape index (κ3) is 2.28. The Morgan fingerprint density at radius 2 is 2.04 bits per heavy atom. The Hall–Kier alpha value is -2.92. The van der Waals surface area contributed by atoms with Gasteiger partial charge >= 0.3 is 0 Å². The van der Waals surface area contributed by atoms with Gasteiger partial charge in [-0.25, -0.2) is 4.39 Å². The second kappa shape index (κ2) is 5.81. The van der Waals surface area contributed by atoms with E-state index in [0.717, 1.165) is 41.1 Å². The molecule has 0 fully saturated rings. The summed E-state index contributed by atoms with van der Waals surface area (Å²) >= 11 is 0. The molecule has 0 unspecified atom stereocenters. The summed E-state index contributed by atoms with van der Waals surface area (Å²) in [5.74, 6) is -0.0867. The maximum atomic E-state index is 14.1. The molecule has 130 valence electrons. The first-order chi connectivity index (χ1) is 12.7. The lowest BCUT2D eigenvalue weighted by molar-refractivity contribution is 0.386. The van der Waals surface area contributed by atoms with Crippen LogP contribution in [0, 0.1) is 5.82 Å². The number of aromatic amines is 1. The lowest BCUT2D eigenvalue weighted by atomic mass is 10.0. The van der Waals surface area contributed by atoms with Crippen molar-refractivity contribution in [2.75, 3.05) is 7.11 Å². The van der Waals surface area contributed by atoms with Crippen LogP contribution in [-0.2, 0) is 19.5 Å². The maximum absolute atomic E-state index is 14.1. The highest BCUT2D eigenvalue weighted by Crippen LogP contribution is 2.34. The fraction of sp³-hybridized carbons (Fsp3) is 0.190. The van der Waals surface area contributed by atoms with Crippen molar-refractivity contribution >= 4 is 21.8 Å². The number of H-pyrrole nitrogens is 1. The monoisotopic (exact) mass is 347 g/mol. The molecule has 26 heavy (non-hydrogen) atoms. The highest BCUT2D eigenvalue weighted by Gasteiger charge is 2.21. The number of halogens is 1. The molecule has 5 heteroatoms. The molecule has 0 saturated heterocycles. The van der Waals surface area contributed by atoms with Gasteiger partial charge in [0.25, 0.3) is 0 Å². The number of hydrogen-bond donors (Lipinski definition) is 2. The molecule has 0 saturated carbocycles. The van der Waals surface area contributed by atoms with Crippen LogP contribution in [0.3, 0.4) is 0 Å². The molecule has 0 radical (unpaired) electrons. The van der Waals surface area contributed by atoms with Crippen molar-refractivity contribution in [3.8, 4) is 5.75 Å². The smallest absolute Gasteiger partial charge is 0.165 e. The van der Waals surface area contributed by atoms with Crippen molar-refractivity contribution in [3.05, 3.63) is 70.8 Å². The summed E-state index contributed by atoms with van der Waals surface area (Å²) in [5, 5.41) is 5.85. The lowest BCUT2D eigenvalue weighted by Gasteiger charge is -2.09. The molecule has 0 spiro atoms. The van der Waals surface area contributed by atoms with Gasteiger partial charge in [0.05, 0.1) is 24.0 Å². The van der Waals surface area contributed by atoms with E-state index in [1.165, 1.54) is 29.5 Å². The zero-order chi connectivity index (χ0) is 17.7. The van der Waals surface area contributed by atoms with E-state index < -0.39 is 0 Å². The lowest BCUT2D eigenvalue weighted by Crippen LogP contribution is -2.01. The first-order valence-corrected chi connectivity index (χ1v) is 8.69. The topological polar surface area (TPSA) is 49.9 Å². The number of aromatic nitrogens is 2. The number of nitrogens with zero attached hydrogens (tertiary/aromatic N) is 1. The molecular formula is C21H18FN3O. The maximum Gasteiger partial charge on any atom is 0.165 e. The zero-order valence-corrected chi connectivity index (χ0v) is 14.4. The van der Waals surface area contributed by atoms with Gasteiger partial charge in [0.15, 0.2) is 11.6 Å². The van der Waals surface area contributed by atoms with Gasteiger partial charge in [0.1, 0.15) is 0 Å². The predicted octanol–water partition coefficient (Wildman–Crippen LogP) is 4.06. The summed E-state index contributed by atoms with van der Waals surface area (Å²) in [6.45, 7) is 1.60. The Bertz CT molecular complexity index is 1150. The minimum absolute atomic E-state index is 0.260. The fourth-order valence-electron chi connectivity index (χ4n) is 3.89. The van der Waals surface area contributed by atoms with Crippen LogP contribution in [0.5, 0.6) is 5.75 Å². The van der Waals surface area contributed by atoms with Gasteiger partial charge in [0, 0.05) is 35.8 Å². The van der Waals surface area contributed by atoms with Crippen molar-refractivity contribution in [1.29, 1.82) is 0 Å². The second-order valence-corrected chi connectivity index (χ2v) is 6.65. The number of ether oxygens (including phenoxy) is 1. The minimum Gasteiger partial charge on any atom is -0.494 e. The van der Waals surface area contributed by atoms with Crippen LogP contribution in [0.25, 0.3) is 21.8 Å². The van der Waals surface area contributed by atoms with E-state index in [4.69, 9.17) is 9.72 Å². The number of hydrogen-bond acceptors (Lipinski definition) is 3. The van der Waals surface area contributed by atoms with Gasteiger partial charge < -0.3 is 15.0 Å². The van der Waals surface area contributed by atoms with E-state index >= 15 is 0 Å². The van der Waals surface area contributed by atoms with E-state index in [1.54, 1.807) is 6.07 Å². The molecule has 1 aliphatic rings. The molecule has 5 rings (SSSR count). The van der Waals surface area contributed by atoms with Crippen LogP contribution in [0.4, 0.5) is 4.39 Å². The minimum atomic E-state index is -0.347. The van der Waals surface area contributed by atoms with Crippen molar-refractivity contribution in [2.24, 2.45) is 0 Å². The Morgan fingerprint density at radius 1 is 1.15 bits per heavy atom. The Labute approximate surface area is 150 Å².